The summed E-state index contributed by atoms with van der Waals surface area (Å²) < 4.78 is 31.2. The van der Waals surface area contributed by atoms with E-state index in [1.54, 1.807) is 0 Å². The van der Waals surface area contributed by atoms with E-state index in [0.717, 1.165) is 11.1 Å². The van der Waals surface area contributed by atoms with Gasteiger partial charge in [0.1, 0.15) is 17.8 Å². The molecule has 2 saturated heterocycles. The van der Waals surface area contributed by atoms with Gasteiger partial charge in [-0.3, -0.25) is 0 Å². The van der Waals surface area contributed by atoms with Crippen LogP contribution in [0.3, 0.4) is 0 Å². The highest BCUT2D eigenvalue weighted by Gasteiger charge is 2.62. The molecule has 6 heteroatoms. The van der Waals surface area contributed by atoms with Crippen LogP contribution in [0.2, 0.25) is 0 Å². The van der Waals surface area contributed by atoms with Gasteiger partial charge in [-0.2, -0.15) is 0 Å². The minimum Gasteiger partial charge on any atom is -0.396 e. The summed E-state index contributed by atoms with van der Waals surface area (Å²) in [6.45, 7) is 5.05. The van der Waals surface area contributed by atoms with Crippen molar-refractivity contribution in [2.24, 2.45) is 0 Å². The van der Waals surface area contributed by atoms with Crippen LogP contribution in [0.5, 0.6) is 0 Å². The van der Waals surface area contributed by atoms with Gasteiger partial charge in [0, 0.05) is 6.61 Å². The van der Waals surface area contributed by atoms with E-state index in [0.29, 0.717) is 32.7 Å². The maximum absolute atomic E-state index is 9.53. The first-order chi connectivity index (χ1) is 15.0. The highest BCUT2D eigenvalue weighted by molar-refractivity contribution is 5.15. The Hall–Kier alpha value is -1.80. The molecule has 2 aromatic rings. The number of aliphatic hydroxyl groups is 1. The van der Waals surface area contributed by atoms with Crippen LogP contribution >= 0.6 is 0 Å². The van der Waals surface area contributed by atoms with Crippen LogP contribution < -0.4 is 0 Å². The van der Waals surface area contributed by atoms with Gasteiger partial charge in [0.15, 0.2) is 12.1 Å². The van der Waals surface area contributed by atoms with Crippen molar-refractivity contribution in [3.05, 3.63) is 71.8 Å². The summed E-state index contributed by atoms with van der Waals surface area (Å²) in [4.78, 5) is 0. The second-order valence-electron chi connectivity index (χ2n) is 8.67. The lowest BCUT2D eigenvalue weighted by atomic mass is 9.90. The van der Waals surface area contributed by atoms with Crippen molar-refractivity contribution in [3.8, 4) is 0 Å². The lowest BCUT2D eigenvalue weighted by molar-refractivity contribution is -0.256. The predicted molar refractivity (Wildman–Crippen MR) is 115 cm³/mol. The molecule has 2 heterocycles. The summed E-state index contributed by atoms with van der Waals surface area (Å²) in [7, 11) is 0. The molecule has 0 radical (unpaired) electrons. The van der Waals surface area contributed by atoms with Gasteiger partial charge in [-0.05, 0) is 37.8 Å². The molecule has 1 unspecified atom stereocenters. The van der Waals surface area contributed by atoms with E-state index < -0.39 is 17.7 Å². The quantitative estimate of drug-likeness (QED) is 0.621. The first-order valence-electron chi connectivity index (χ1n) is 10.9. The average Bonchev–Trinajstić information content (AvgIpc) is 3.21. The van der Waals surface area contributed by atoms with Crippen LogP contribution in [0, 0.1) is 0 Å². The van der Waals surface area contributed by atoms with Gasteiger partial charge >= 0.3 is 0 Å². The van der Waals surface area contributed by atoms with Gasteiger partial charge in [-0.15, -0.1) is 0 Å². The standard InChI is InChI=1S/C25H32O6/c1-24(2)29-21-22(28-17-20-12-7-4-8-13-20)25(14-9-15-26,31-23(21)30-24)18-27-16-19-10-5-3-6-11-19/h3-8,10-13,21-23,26H,9,14-18H2,1-2H3/t21?,22-,23-,25-/m1/s1. The first kappa shape index (κ1) is 22.4. The smallest absolute Gasteiger partial charge is 0.190 e. The van der Waals surface area contributed by atoms with Gasteiger partial charge in [0.2, 0.25) is 0 Å². The Bertz CT molecular complexity index is 811. The minimum atomic E-state index is -0.766. The van der Waals surface area contributed by atoms with Crippen LogP contribution in [-0.4, -0.2) is 48.2 Å². The number of ether oxygens (including phenoxy) is 5. The molecule has 168 valence electrons. The van der Waals surface area contributed by atoms with E-state index in [2.05, 4.69) is 0 Å². The molecule has 2 fully saturated rings. The number of hydrogen-bond acceptors (Lipinski definition) is 6. The Morgan fingerprint density at radius 2 is 1.52 bits per heavy atom. The predicted octanol–water partition coefficient (Wildman–Crippen LogP) is 3.81. The molecule has 1 N–H and O–H groups in total. The van der Waals surface area contributed by atoms with Crippen molar-refractivity contribution in [1.29, 1.82) is 0 Å². The maximum atomic E-state index is 9.53. The Morgan fingerprint density at radius 3 is 2.16 bits per heavy atom. The van der Waals surface area contributed by atoms with Crippen LogP contribution in [0.25, 0.3) is 0 Å². The number of fused-ring (bicyclic) bond motifs is 1. The summed E-state index contributed by atoms with van der Waals surface area (Å²) in [5.74, 6) is -0.738. The lowest BCUT2D eigenvalue weighted by Gasteiger charge is -2.36. The zero-order chi connectivity index (χ0) is 21.7. The average molecular weight is 429 g/mol. The summed E-state index contributed by atoms with van der Waals surface area (Å²) in [6, 6.07) is 20.1. The van der Waals surface area contributed by atoms with Crippen LogP contribution in [0.4, 0.5) is 0 Å². The molecule has 2 aliphatic heterocycles. The van der Waals surface area contributed by atoms with Crippen molar-refractivity contribution in [2.45, 2.75) is 69.8 Å². The first-order valence-corrected chi connectivity index (χ1v) is 10.9. The molecule has 31 heavy (non-hydrogen) atoms. The molecule has 4 atom stereocenters. The zero-order valence-electron chi connectivity index (χ0n) is 18.2. The molecule has 0 amide bonds. The maximum Gasteiger partial charge on any atom is 0.190 e. The molecule has 0 saturated carbocycles. The van der Waals surface area contributed by atoms with Gasteiger partial charge in [0.25, 0.3) is 0 Å². The van der Waals surface area contributed by atoms with Crippen molar-refractivity contribution in [2.75, 3.05) is 13.2 Å². The Morgan fingerprint density at radius 1 is 0.871 bits per heavy atom. The SMILES string of the molecule is CC1(C)OC2[C@H](O1)O[C@](CCCO)(COCc1ccccc1)[C@@H]2OCc1ccccc1. The third kappa shape index (κ3) is 5.34. The normalized spacial score (nSPS) is 29.2. The van der Waals surface area contributed by atoms with Gasteiger partial charge in [-0.25, -0.2) is 0 Å². The second-order valence-corrected chi connectivity index (χ2v) is 8.67. The summed E-state index contributed by atoms with van der Waals surface area (Å²) in [5, 5.41) is 9.53. The van der Waals surface area contributed by atoms with Gasteiger partial charge in [-0.1, -0.05) is 60.7 Å². The van der Waals surface area contributed by atoms with Crippen molar-refractivity contribution in [1.82, 2.24) is 0 Å². The monoisotopic (exact) mass is 428 g/mol. The van der Waals surface area contributed by atoms with Crippen molar-refractivity contribution >= 4 is 0 Å². The Labute approximate surface area is 184 Å². The zero-order valence-corrected chi connectivity index (χ0v) is 18.2. The highest BCUT2D eigenvalue weighted by Crippen LogP contribution is 2.46. The summed E-state index contributed by atoms with van der Waals surface area (Å²) in [6.07, 6.45) is -0.130. The number of rotatable bonds is 10. The fourth-order valence-corrected chi connectivity index (χ4v) is 4.34. The summed E-state index contributed by atoms with van der Waals surface area (Å²) in [5.41, 5.74) is 1.40. The fourth-order valence-electron chi connectivity index (χ4n) is 4.34. The van der Waals surface area contributed by atoms with E-state index in [1.807, 2.05) is 74.5 Å². The third-order valence-corrected chi connectivity index (χ3v) is 5.74. The van der Waals surface area contributed by atoms with Crippen LogP contribution in [0.1, 0.15) is 37.8 Å². The molecule has 2 aromatic carbocycles. The Balaban J connectivity index is 1.52. The van der Waals surface area contributed by atoms with E-state index in [1.165, 1.54) is 0 Å². The van der Waals surface area contributed by atoms with Crippen molar-refractivity contribution < 1.29 is 28.8 Å². The van der Waals surface area contributed by atoms with E-state index in [-0.39, 0.29) is 18.8 Å². The summed E-state index contributed by atoms with van der Waals surface area (Å²) >= 11 is 0. The Kier molecular flexibility index (Phi) is 7.06. The molecule has 6 nitrogen and oxygen atoms in total. The molecular formula is C25H32O6. The molecule has 0 aliphatic carbocycles. The molecule has 4 rings (SSSR count). The largest absolute Gasteiger partial charge is 0.396 e. The highest BCUT2D eigenvalue weighted by atomic mass is 16.8. The number of benzene rings is 2. The van der Waals surface area contributed by atoms with Gasteiger partial charge < -0.3 is 28.8 Å². The van der Waals surface area contributed by atoms with Gasteiger partial charge in [0.05, 0.1) is 19.8 Å². The minimum absolute atomic E-state index is 0.0672. The lowest BCUT2D eigenvalue weighted by Crippen LogP contribution is -2.50. The molecular weight excluding hydrogens is 396 g/mol. The van der Waals surface area contributed by atoms with E-state index in [4.69, 9.17) is 23.7 Å². The number of hydrogen-bond donors (Lipinski definition) is 1. The van der Waals surface area contributed by atoms with E-state index >= 15 is 0 Å². The van der Waals surface area contributed by atoms with Crippen LogP contribution in [0.15, 0.2) is 60.7 Å². The molecule has 0 bridgehead atoms. The van der Waals surface area contributed by atoms with E-state index in [9.17, 15) is 5.11 Å². The second kappa shape index (κ2) is 9.77. The van der Waals surface area contributed by atoms with Crippen LogP contribution in [-0.2, 0) is 36.9 Å². The molecule has 2 aliphatic rings. The molecule has 0 spiro atoms. The molecule has 0 aromatic heterocycles. The topological polar surface area (TPSA) is 66.4 Å². The third-order valence-electron chi connectivity index (χ3n) is 5.74. The number of aliphatic hydroxyl groups excluding tert-OH is 1. The fraction of sp³-hybridized carbons (Fsp3) is 0.520. The van der Waals surface area contributed by atoms with Crippen molar-refractivity contribution in [3.63, 3.8) is 0 Å².